The van der Waals surface area contributed by atoms with E-state index in [4.69, 9.17) is 9.47 Å². The first-order valence-electron chi connectivity index (χ1n) is 10.4. The van der Waals surface area contributed by atoms with E-state index in [1.165, 1.54) is 6.08 Å². The van der Waals surface area contributed by atoms with Crippen LogP contribution in [0.15, 0.2) is 46.4 Å². The fraction of sp³-hybridized carbons (Fsp3) is 0.292. The van der Waals surface area contributed by atoms with Gasteiger partial charge in [0.25, 0.3) is 11.8 Å². The van der Waals surface area contributed by atoms with Crippen LogP contribution >= 0.6 is 15.9 Å². The minimum Gasteiger partial charge on any atom is -0.490 e. The molecule has 3 rings (SSSR count). The van der Waals surface area contributed by atoms with Crippen molar-refractivity contribution in [1.82, 2.24) is 5.32 Å². The molecule has 2 aromatic carbocycles. The molecule has 0 aliphatic carbocycles. The van der Waals surface area contributed by atoms with Crippen molar-refractivity contribution in [1.29, 1.82) is 0 Å². The summed E-state index contributed by atoms with van der Waals surface area (Å²) in [6, 6.07) is 9.69. The van der Waals surface area contributed by atoms with Crippen LogP contribution < -0.4 is 19.7 Å². The number of urea groups is 1. The van der Waals surface area contributed by atoms with Gasteiger partial charge in [-0.3, -0.25) is 14.9 Å². The zero-order chi connectivity index (χ0) is 23.4. The van der Waals surface area contributed by atoms with Gasteiger partial charge in [0.1, 0.15) is 5.57 Å². The molecule has 0 unspecified atom stereocenters. The van der Waals surface area contributed by atoms with E-state index in [1.807, 2.05) is 39.8 Å². The lowest BCUT2D eigenvalue weighted by Gasteiger charge is -2.26. The molecule has 0 spiro atoms. The monoisotopic (exact) mass is 500 g/mol. The molecular weight excluding hydrogens is 476 g/mol. The van der Waals surface area contributed by atoms with E-state index in [0.29, 0.717) is 33.8 Å². The number of anilines is 1. The van der Waals surface area contributed by atoms with Gasteiger partial charge in [0, 0.05) is 0 Å². The molecule has 1 heterocycles. The van der Waals surface area contributed by atoms with Crippen molar-refractivity contribution in [2.24, 2.45) is 0 Å². The predicted molar refractivity (Wildman–Crippen MR) is 126 cm³/mol. The van der Waals surface area contributed by atoms with Crippen molar-refractivity contribution in [3.8, 4) is 11.5 Å². The topological polar surface area (TPSA) is 84.9 Å². The fourth-order valence-corrected chi connectivity index (χ4v) is 3.78. The van der Waals surface area contributed by atoms with Crippen molar-refractivity contribution >= 4 is 45.5 Å². The molecule has 0 aromatic heterocycles. The number of ether oxygens (including phenoxy) is 2. The highest BCUT2D eigenvalue weighted by molar-refractivity contribution is 9.10. The molecule has 168 valence electrons. The Labute approximate surface area is 195 Å². The number of aryl methyl sites for hydroxylation is 1. The highest BCUT2D eigenvalue weighted by atomic mass is 79.9. The van der Waals surface area contributed by atoms with E-state index >= 15 is 0 Å². The van der Waals surface area contributed by atoms with Crippen molar-refractivity contribution < 1.29 is 23.9 Å². The average molecular weight is 501 g/mol. The van der Waals surface area contributed by atoms with Crippen molar-refractivity contribution in [3.63, 3.8) is 0 Å². The minimum absolute atomic E-state index is 0.0703. The summed E-state index contributed by atoms with van der Waals surface area (Å²) in [5, 5.41) is 2.24. The van der Waals surface area contributed by atoms with E-state index in [0.717, 1.165) is 16.9 Å². The Morgan fingerprint density at radius 3 is 2.38 bits per heavy atom. The van der Waals surface area contributed by atoms with Gasteiger partial charge in [-0.05, 0) is 84.6 Å². The summed E-state index contributed by atoms with van der Waals surface area (Å²) in [5.74, 6) is -0.428. The van der Waals surface area contributed by atoms with Gasteiger partial charge in [0.05, 0.1) is 22.9 Å². The molecule has 4 amide bonds. The highest BCUT2D eigenvalue weighted by Crippen LogP contribution is 2.38. The van der Waals surface area contributed by atoms with Gasteiger partial charge in [0.2, 0.25) is 0 Å². The number of halogens is 1. The summed E-state index contributed by atoms with van der Waals surface area (Å²) in [4.78, 5) is 39.0. The van der Waals surface area contributed by atoms with Crippen molar-refractivity contribution in [3.05, 3.63) is 57.6 Å². The first kappa shape index (κ1) is 23.5. The molecular formula is C24H25BrN2O5. The molecule has 1 saturated heterocycles. The van der Waals surface area contributed by atoms with E-state index in [1.54, 1.807) is 24.3 Å². The van der Waals surface area contributed by atoms with Crippen molar-refractivity contribution in [2.45, 2.75) is 40.2 Å². The molecule has 1 fully saturated rings. The summed E-state index contributed by atoms with van der Waals surface area (Å²) in [6.45, 7) is 8.09. The Morgan fingerprint density at radius 1 is 1.09 bits per heavy atom. The van der Waals surface area contributed by atoms with Crippen LogP contribution in [0.25, 0.3) is 6.08 Å². The third-order valence-corrected chi connectivity index (χ3v) is 5.29. The number of carbonyl (C=O) groups is 3. The largest absolute Gasteiger partial charge is 0.490 e. The zero-order valence-corrected chi connectivity index (χ0v) is 20.0. The minimum atomic E-state index is -0.779. The van der Waals surface area contributed by atoms with E-state index in [-0.39, 0.29) is 11.7 Å². The van der Waals surface area contributed by atoms with E-state index in [2.05, 4.69) is 21.2 Å². The number of imide groups is 2. The first-order chi connectivity index (χ1) is 15.2. The molecule has 0 saturated carbocycles. The van der Waals surface area contributed by atoms with Crippen LogP contribution in [0.4, 0.5) is 10.5 Å². The number of benzene rings is 2. The van der Waals surface area contributed by atoms with Crippen molar-refractivity contribution in [2.75, 3.05) is 11.5 Å². The lowest BCUT2D eigenvalue weighted by atomic mass is 10.1. The quantitative estimate of drug-likeness (QED) is 0.433. The average Bonchev–Trinajstić information content (AvgIpc) is 2.74. The van der Waals surface area contributed by atoms with Crippen LogP contribution in [-0.4, -0.2) is 30.6 Å². The van der Waals surface area contributed by atoms with Gasteiger partial charge in [-0.25, -0.2) is 9.69 Å². The second-order valence-corrected chi connectivity index (χ2v) is 8.26. The van der Waals surface area contributed by atoms with Crippen LogP contribution in [0.3, 0.4) is 0 Å². The second kappa shape index (κ2) is 9.99. The molecule has 8 heteroatoms. The Hall–Kier alpha value is -3.13. The number of amides is 4. The molecule has 1 aliphatic heterocycles. The van der Waals surface area contributed by atoms with Gasteiger partial charge in [-0.15, -0.1) is 0 Å². The maximum absolute atomic E-state index is 13.1. The van der Waals surface area contributed by atoms with Gasteiger partial charge in [-0.1, -0.05) is 19.1 Å². The maximum atomic E-state index is 13.1. The molecule has 1 N–H and O–H groups in total. The Bertz CT molecular complexity index is 1080. The summed E-state index contributed by atoms with van der Waals surface area (Å²) >= 11 is 3.48. The third-order valence-electron chi connectivity index (χ3n) is 4.70. The molecule has 0 radical (unpaired) electrons. The lowest BCUT2D eigenvalue weighted by molar-refractivity contribution is -0.122. The van der Waals surface area contributed by atoms with E-state index < -0.39 is 17.8 Å². The number of hydrogen-bond donors (Lipinski definition) is 1. The van der Waals surface area contributed by atoms with Gasteiger partial charge >= 0.3 is 6.03 Å². The third kappa shape index (κ3) is 5.02. The molecule has 32 heavy (non-hydrogen) atoms. The van der Waals surface area contributed by atoms with Crippen LogP contribution in [0, 0.1) is 0 Å². The molecule has 0 bridgehead atoms. The summed E-state index contributed by atoms with van der Waals surface area (Å²) in [5.41, 5.74) is 1.85. The first-order valence-corrected chi connectivity index (χ1v) is 11.2. The number of hydrogen-bond acceptors (Lipinski definition) is 5. The number of nitrogens with zero attached hydrogens (tertiary/aromatic N) is 1. The Morgan fingerprint density at radius 2 is 1.78 bits per heavy atom. The second-order valence-electron chi connectivity index (χ2n) is 7.41. The van der Waals surface area contributed by atoms with Gasteiger partial charge in [-0.2, -0.15) is 0 Å². The van der Waals surface area contributed by atoms with E-state index in [9.17, 15) is 14.4 Å². The zero-order valence-electron chi connectivity index (χ0n) is 18.4. The Balaban J connectivity index is 2.01. The molecule has 7 nitrogen and oxygen atoms in total. The van der Waals surface area contributed by atoms with Crippen LogP contribution in [-0.2, 0) is 16.0 Å². The van der Waals surface area contributed by atoms with Gasteiger partial charge in [0.15, 0.2) is 11.5 Å². The maximum Gasteiger partial charge on any atom is 0.335 e. The highest BCUT2D eigenvalue weighted by Gasteiger charge is 2.36. The molecule has 2 aromatic rings. The Kier molecular flexibility index (Phi) is 7.35. The number of rotatable bonds is 7. The van der Waals surface area contributed by atoms with Crippen LogP contribution in [0.1, 0.15) is 38.8 Å². The normalized spacial score (nSPS) is 15.4. The number of carbonyl (C=O) groups excluding carboxylic acids is 3. The smallest absolute Gasteiger partial charge is 0.335 e. The number of barbiturate groups is 1. The summed E-state index contributed by atoms with van der Waals surface area (Å²) < 4.78 is 12.2. The lowest BCUT2D eigenvalue weighted by Crippen LogP contribution is -2.54. The molecule has 0 atom stereocenters. The molecule has 1 aliphatic rings. The van der Waals surface area contributed by atoms with Gasteiger partial charge < -0.3 is 9.47 Å². The fourth-order valence-electron chi connectivity index (χ4n) is 3.22. The summed E-state index contributed by atoms with van der Waals surface area (Å²) in [7, 11) is 0. The van der Waals surface area contributed by atoms with Crippen LogP contribution in [0.2, 0.25) is 0 Å². The SMILES string of the molecule is CCOc1cc(/C=C2\C(=O)NC(=O)N(c3ccc(CC)cc3)C2=O)cc(Br)c1OC(C)C. The predicted octanol–water partition coefficient (Wildman–Crippen LogP) is 4.86. The number of nitrogens with one attached hydrogen (secondary N) is 1. The standard InChI is InChI=1S/C24H25BrN2O5/c1-5-15-7-9-17(10-8-15)27-23(29)18(22(28)26-24(27)30)11-16-12-19(25)21(32-14(3)4)20(13-16)31-6-2/h7-14H,5-6H2,1-4H3,(H,26,28,30)/b18-11+. The summed E-state index contributed by atoms with van der Waals surface area (Å²) in [6.07, 6.45) is 2.20. The van der Waals surface area contributed by atoms with Crippen LogP contribution in [0.5, 0.6) is 11.5 Å².